The molecular formula is C20H16NPS. The zero-order valence-corrected chi connectivity index (χ0v) is 15.0. The van der Waals surface area contributed by atoms with Gasteiger partial charge in [-0.25, -0.2) is 0 Å². The molecule has 2 heterocycles. The highest BCUT2D eigenvalue weighted by molar-refractivity contribution is 7.26. The normalized spacial score (nSPS) is 12.1. The molecule has 5 rings (SSSR count). The first-order valence-electron chi connectivity index (χ1n) is 7.75. The first-order valence-corrected chi connectivity index (χ1v) is 9.08. The average molecular weight is 333 g/mol. The molecule has 0 fully saturated rings. The molecule has 5 aromatic rings. The molecular weight excluding hydrogens is 317 g/mol. The molecule has 23 heavy (non-hydrogen) atoms. The Morgan fingerprint density at radius 3 is 2.22 bits per heavy atom. The van der Waals surface area contributed by atoms with Crippen molar-refractivity contribution in [2.24, 2.45) is 0 Å². The Hall–Kier alpha value is -1.89. The maximum Gasteiger partial charge on any atom is 0.0528 e. The Labute approximate surface area is 140 Å². The van der Waals surface area contributed by atoms with Crippen molar-refractivity contribution in [2.75, 3.05) is 0 Å². The summed E-state index contributed by atoms with van der Waals surface area (Å²) >= 11 is 1.89. The van der Waals surface area contributed by atoms with Crippen molar-refractivity contribution in [1.29, 1.82) is 0 Å². The predicted molar refractivity (Wildman–Crippen MR) is 107 cm³/mol. The quantitative estimate of drug-likeness (QED) is 0.288. The van der Waals surface area contributed by atoms with Crippen molar-refractivity contribution in [1.82, 2.24) is 4.34 Å². The van der Waals surface area contributed by atoms with Gasteiger partial charge in [-0.2, -0.15) is 0 Å². The van der Waals surface area contributed by atoms with Crippen molar-refractivity contribution < 1.29 is 0 Å². The number of hydrogen-bond donors (Lipinski definition) is 0. The maximum atomic E-state index is 2.87. The van der Waals surface area contributed by atoms with Gasteiger partial charge in [-0.05, 0) is 59.6 Å². The van der Waals surface area contributed by atoms with E-state index in [4.69, 9.17) is 0 Å². The van der Waals surface area contributed by atoms with Crippen LogP contribution in [0.3, 0.4) is 0 Å². The van der Waals surface area contributed by atoms with Gasteiger partial charge >= 0.3 is 0 Å². The summed E-state index contributed by atoms with van der Waals surface area (Å²) < 4.78 is 4.98. The monoisotopic (exact) mass is 333 g/mol. The minimum Gasteiger partial charge on any atom is -0.325 e. The summed E-state index contributed by atoms with van der Waals surface area (Å²) in [4.78, 5) is 0. The number of rotatable bonds is 0. The highest BCUT2D eigenvalue weighted by atomic mass is 32.1. The van der Waals surface area contributed by atoms with E-state index in [-0.39, 0.29) is 0 Å². The fourth-order valence-corrected chi connectivity index (χ4v) is 5.17. The van der Waals surface area contributed by atoms with E-state index in [1.807, 2.05) is 11.3 Å². The topological polar surface area (TPSA) is 4.93 Å². The van der Waals surface area contributed by atoms with Crippen LogP contribution in [0, 0.1) is 13.8 Å². The number of benzene rings is 3. The molecule has 1 atom stereocenters. The molecule has 0 spiro atoms. The van der Waals surface area contributed by atoms with E-state index in [0.29, 0.717) is 0 Å². The van der Waals surface area contributed by atoms with Crippen LogP contribution in [-0.2, 0) is 0 Å². The summed E-state index contributed by atoms with van der Waals surface area (Å²) in [6.45, 7) is 4.34. The largest absolute Gasteiger partial charge is 0.325 e. The van der Waals surface area contributed by atoms with Gasteiger partial charge in [0, 0.05) is 30.9 Å². The lowest BCUT2D eigenvalue weighted by Crippen LogP contribution is -1.77. The molecule has 2 aromatic heterocycles. The highest BCUT2D eigenvalue weighted by Crippen LogP contribution is 2.43. The summed E-state index contributed by atoms with van der Waals surface area (Å²) in [5.74, 6) is 0. The molecule has 0 aliphatic rings. The summed E-state index contributed by atoms with van der Waals surface area (Å²) in [7, 11) is 2.87. The van der Waals surface area contributed by atoms with E-state index >= 15 is 0 Å². The predicted octanol–water partition coefficient (Wildman–Crippen LogP) is 6.42. The molecule has 3 aromatic carbocycles. The van der Waals surface area contributed by atoms with Crippen LogP contribution in [0.2, 0.25) is 0 Å². The molecule has 0 bridgehead atoms. The molecule has 1 unspecified atom stereocenters. The molecule has 0 saturated carbocycles. The van der Waals surface area contributed by atoms with Crippen molar-refractivity contribution in [3.05, 3.63) is 59.7 Å². The van der Waals surface area contributed by atoms with Gasteiger partial charge in [0.25, 0.3) is 0 Å². The standard InChI is InChI=1S/C20H16NPS/c1-11-3-5-15-13(9-11)19-16(21(15)22)6-8-18-20(19)14-10-12(2)4-7-17(14)23-18/h3-10H,22H2,1-2H3. The first-order chi connectivity index (χ1) is 11.1. The zero-order chi connectivity index (χ0) is 15.7. The van der Waals surface area contributed by atoms with Crippen LogP contribution in [0.1, 0.15) is 11.1 Å². The van der Waals surface area contributed by atoms with E-state index in [0.717, 1.165) is 0 Å². The molecule has 0 radical (unpaired) electrons. The van der Waals surface area contributed by atoms with Gasteiger partial charge in [-0.1, -0.05) is 23.3 Å². The fourth-order valence-electron chi connectivity index (χ4n) is 3.64. The van der Waals surface area contributed by atoms with Crippen molar-refractivity contribution in [3.8, 4) is 0 Å². The van der Waals surface area contributed by atoms with Crippen LogP contribution in [0.4, 0.5) is 0 Å². The molecule has 0 amide bonds. The Morgan fingerprint density at radius 1 is 0.739 bits per heavy atom. The van der Waals surface area contributed by atoms with E-state index in [1.165, 1.54) is 53.1 Å². The Bertz CT molecular complexity index is 1240. The third-order valence-electron chi connectivity index (χ3n) is 4.71. The van der Waals surface area contributed by atoms with Crippen LogP contribution in [-0.4, -0.2) is 4.34 Å². The van der Waals surface area contributed by atoms with E-state index in [1.54, 1.807) is 0 Å². The van der Waals surface area contributed by atoms with Crippen LogP contribution < -0.4 is 0 Å². The van der Waals surface area contributed by atoms with Crippen LogP contribution in [0.15, 0.2) is 48.5 Å². The second-order valence-electron chi connectivity index (χ2n) is 6.33. The van der Waals surface area contributed by atoms with Crippen LogP contribution >= 0.6 is 20.7 Å². The summed E-state index contributed by atoms with van der Waals surface area (Å²) in [6.07, 6.45) is 0. The molecule has 3 heteroatoms. The van der Waals surface area contributed by atoms with Gasteiger partial charge in [-0.3, -0.25) is 0 Å². The average Bonchev–Trinajstić information content (AvgIpc) is 3.03. The molecule has 1 nitrogen and oxygen atoms in total. The second kappa shape index (κ2) is 4.56. The summed E-state index contributed by atoms with van der Waals surface area (Å²) in [5.41, 5.74) is 5.18. The third-order valence-corrected chi connectivity index (χ3v) is 6.40. The number of fused-ring (bicyclic) bond motifs is 7. The van der Waals surface area contributed by atoms with Crippen molar-refractivity contribution in [2.45, 2.75) is 13.8 Å². The lowest BCUT2D eigenvalue weighted by molar-refractivity contribution is 1.41. The van der Waals surface area contributed by atoms with Crippen molar-refractivity contribution in [3.63, 3.8) is 0 Å². The zero-order valence-electron chi connectivity index (χ0n) is 13.1. The van der Waals surface area contributed by atoms with Crippen LogP contribution in [0.5, 0.6) is 0 Å². The maximum absolute atomic E-state index is 2.87. The number of aryl methyl sites for hydroxylation is 2. The second-order valence-corrected chi connectivity index (χ2v) is 7.93. The Balaban J connectivity index is 2.16. The number of thiophene rings is 1. The van der Waals surface area contributed by atoms with E-state index in [9.17, 15) is 0 Å². The molecule has 0 aliphatic carbocycles. The number of nitrogens with zero attached hydrogens (tertiary/aromatic N) is 1. The summed E-state index contributed by atoms with van der Waals surface area (Å²) in [5, 5.41) is 5.52. The van der Waals surface area contributed by atoms with Crippen molar-refractivity contribution >= 4 is 62.7 Å². The third kappa shape index (κ3) is 1.77. The molecule has 0 saturated heterocycles. The lowest BCUT2D eigenvalue weighted by Gasteiger charge is -1.99. The van der Waals surface area contributed by atoms with Gasteiger partial charge < -0.3 is 4.34 Å². The van der Waals surface area contributed by atoms with Gasteiger partial charge in [-0.15, -0.1) is 11.3 Å². The lowest BCUT2D eigenvalue weighted by atomic mass is 10.0. The van der Waals surface area contributed by atoms with Gasteiger partial charge in [0.1, 0.15) is 0 Å². The minimum atomic E-state index is 1.27. The fraction of sp³-hybridized carbons (Fsp3) is 0.100. The smallest absolute Gasteiger partial charge is 0.0528 e. The van der Waals surface area contributed by atoms with Gasteiger partial charge in [0.2, 0.25) is 0 Å². The molecule has 0 N–H and O–H groups in total. The van der Waals surface area contributed by atoms with E-state index in [2.05, 4.69) is 76.1 Å². The minimum absolute atomic E-state index is 1.27. The number of hydrogen-bond acceptors (Lipinski definition) is 1. The Morgan fingerprint density at radius 2 is 1.39 bits per heavy atom. The highest BCUT2D eigenvalue weighted by Gasteiger charge is 2.15. The Kier molecular flexibility index (Phi) is 2.69. The first kappa shape index (κ1) is 13.5. The summed E-state index contributed by atoms with van der Waals surface area (Å²) in [6, 6.07) is 18.0. The SMILES string of the molecule is Cc1ccc2sc3ccc4c(c5cc(C)ccc5n4P)c3c2c1. The van der Waals surface area contributed by atoms with Crippen LogP contribution in [0.25, 0.3) is 42.0 Å². The van der Waals surface area contributed by atoms with Gasteiger partial charge in [0.05, 0.1) is 11.0 Å². The van der Waals surface area contributed by atoms with Gasteiger partial charge in [0.15, 0.2) is 0 Å². The van der Waals surface area contributed by atoms with E-state index < -0.39 is 0 Å². The molecule has 0 aliphatic heterocycles. The molecule has 112 valence electrons. The number of aromatic nitrogens is 1.